The van der Waals surface area contributed by atoms with E-state index in [1.807, 2.05) is 30.3 Å². The molecule has 2 aromatic heterocycles. The second-order valence-electron chi connectivity index (χ2n) is 5.99. The summed E-state index contributed by atoms with van der Waals surface area (Å²) in [6.07, 6.45) is 3.75. The molecule has 0 aliphatic carbocycles. The van der Waals surface area contributed by atoms with Crippen molar-refractivity contribution in [2.24, 2.45) is 0 Å². The summed E-state index contributed by atoms with van der Waals surface area (Å²) in [5, 5.41) is 9.71. The van der Waals surface area contributed by atoms with Crippen molar-refractivity contribution in [2.45, 2.75) is 22.3 Å². The average Bonchev–Trinajstić information content (AvgIpc) is 3.38. The van der Waals surface area contributed by atoms with Crippen LogP contribution in [-0.2, 0) is 12.3 Å². The highest BCUT2D eigenvalue weighted by Crippen LogP contribution is 2.28. The fourth-order valence-electron chi connectivity index (χ4n) is 2.76. The zero-order valence-electron chi connectivity index (χ0n) is 14.9. The molecule has 0 saturated heterocycles. The lowest BCUT2D eigenvalue weighted by molar-refractivity contribution is 0.569. The number of furan rings is 1. The molecule has 0 spiro atoms. The van der Waals surface area contributed by atoms with Gasteiger partial charge in [0.25, 0.3) is 0 Å². The van der Waals surface area contributed by atoms with Gasteiger partial charge in [-0.25, -0.2) is 0 Å². The van der Waals surface area contributed by atoms with Crippen molar-refractivity contribution in [1.82, 2.24) is 14.8 Å². The predicted molar refractivity (Wildman–Crippen MR) is 111 cm³/mol. The molecular formula is C21H19N3OS2. The van der Waals surface area contributed by atoms with Crippen LogP contribution in [0.4, 0.5) is 0 Å². The van der Waals surface area contributed by atoms with Crippen LogP contribution in [0.1, 0.15) is 11.1 Å². The molecule has 0 radical (unpaired) electrons. The fraction of sp³-hybridized carbons (Fsp3) is 0.143. The minimum absolute atomic E-state index is 0.706. The zero-order chi connectivity index (χ0) is 18.5. The van der Waals surface area contributed by atoms with Gasteiger partial charge in [-0.2, -0.15) is 0 Å². The van der Waals surface area contributed by atoms with Crippen molar-refractivity contribution in [3.8, 4) is 11.6 Å². The van der Waals surface area contributed by atoms with E-state index in [9.17, 15) is 0 Å². The Kier molecular flexibility index (Phi) is 5.65. The summed E-state index contributed by atoms with van der Waals surface area (Å²) in [5.74, 6) is 2.33. The first-order chi connectivity index (χ1) is 13.3. The van der Waals surface area contributed by atoms with Crippen LogP contribution in [0.2, 0.25) is 0 Å². The Hall–Kier alpha value is -2.44. The van der Waals surface area contributed by atoms with Crippen molar-refractivity contribution in [3.63, 3.8) is 0 Å². The lowest BCUT2D eigenvalue weighted by Gasteiger charge is -2.09. The van der Waals surface area contributed by atoms with E-state index in [1.54, 1.807) is 29.8 Å². The molecule has 0 unspecified atom stereocenters. The maximum atomic E-state index is 5.56. The Balaban J connectivity index is 1.59. The summed E-state index contributed by atoms with van der Waals surface area (Å²) < 4.78 is 7.68. The van der Waals surface area contributed by atoms with Crippen molar-refractivity contribution < 1.29 is 4.42 Å². The molecule has 4 rings (SSSR count). The Morgan fingerprint density at radius 3 is 2.41 bits per heavy atom. The molecule has 0 atom stereocenters. The van der Waals surface area contributed by atoms with Gasteiger partial charge in [-0.05, 0) is 41.6 Å². The van der Waals surface area contributed by atoms with Crippen molar-refractivity contribution in [1.29, 1.82) is 0 Å². The molecule has 27 heavy (non-hydrogen) atoms. The molecule has 0 aliphatic heterocycles. The summed E-state index contributed by atoms with van der Waals surface area (Å²) in [7, 11) is 0. The van der Waals surface area contributed by atoms with E-state index >= 15 is 0 Å². The van der Waals surface area contributed by atoms with Crippen LogP contribution >= 0.6 is 23.5 Å². The molecule has 0 aliphatic rings. The van der Waals surface area contributed by atoms with E-state index in [-0.39, 0.29) is 0 Å². The highest BCUT2D eigenvalue weighted by atomic mass is 32.2. The molecule has 2 heterocycles. The first-order valence-electron chi connectivity index (χ1n) is 8.60. The minimum Gasteiger partial charge on any atom is -0.461 e. The van der Waals surface area contributed by atoms with Crippen LogP contribution in [0.25, 0.3) is 11.6 Å². The first kappa shape index (κ1) is 17.9. The number of thioether (sulfide) groups is 2. The number of rotatable bonds is 7. The van der Waals surface area contributed by atoms with Gasteiger partial charge in [0, 0.05) is 10.6 Å². The molecular weight excluding hydrogens is 374 g/mol. The molecule has 136 valence electrons. The van der Waals surface area contributed by atoms with Crippen LogP contribution in [0.5, 0.6) is 0 Å². The second-order valence-corrected chi connectivity index (χ2v) is 7.81. The van der Waals surface area contributed by atoms with Gasteiger partial charge < -0.3 is 4.42 Å². The van der Waals surface area contributed by atoms with Gasteiger partial charge in [-0.1, -0.05) is 54.2 Å². The van der Waals surface area contributed by atoms with E-state index < -0.39 is 0 Å². The largest absolute Gasteiger partial charge is 0.461 e. The van der Waals surface area contributed by atoms with Crippen LogP contribution in [0.15, 0.2) is 87.5 Å². The summed E-state index contributed by atoms with van der Waals surface area (Å²) >= 11 is 3.45. The molecule has 0 N–H and O–H groups in total. The van der Waals surface area contributed by atoms with Crippen LogP contribution in [-0.4, -0.2) is 21.0 Å². The summed E-state index contributed by atoms with van der Waals surface area (Å²) in [6, 6.07) is 22.8. The number of nitrogens with zero attached hydrogens (tertiary/aromatic N) is 3. The quantitative estimate of drug-likeness (QED) is 0.382. The Morgan fingerprint density at radius 2 is 1.70 bits per heavy atom. The number of benzene rings is 2. The SMILES string of the molecule is CSc1ccc(CSc2nnc(-c3ccco3)n2Cc2ccccc2)cc1. The van der Waals surface area contributed by atoms with E-state index in [2.05, 4.69) is 57.4 Å². The zero-order valence-corrected chi connectivity index (χ0v) is 16.5. The maximum absolute atomic E-state index is 5.56. The van der Waals surface area contributed by atoms with Gasteiger partial charge in [0.15, 0.2) is 10.9 Å². The van der Waals surface area contributed by atoms with Gasteiger partial charge in [-0.15, -0.1) is 22.0 Å². The lowest BCUT2D eigenvalue weighted by atomic mass is 10.2. The predicted octanol–water partition coefficient (Wildman–Crippen LogP) is 5.60. The summed E-state index contributed by atoms with van der Waals surface area (Å²) in [6.45, 7) is 0.706. The molecule has 0 fully saturated rings. The smallest absolute Gasteiger partial charge is 0.200 e. The van der Waals surface area contributed by atoms with Gasteiger partial charge in [0.05, 0.1) is 12.8 Å². The molecule has 0 amide bonds. The normalized spacial score (nSPS) is 11.0. The van der Waals surface area contributed by atoms with Crippen LogP contribution in [0, 0.1) is 0 Å². The molecule has 6 heteroatoms. The molecule has 4 aromatic rings. The van der Waals surface area contributed by atoms with E-state index in [4.69, 9.17) is 4.42 Å². The van der Waals surface area contributed by atoms with Crippen molar-refractivity contribution in [3.05, 3.63) is 84.1 Å². The summed E-state index contributed by atoms with van der Waals surface area (Å²) in [4.78, 5) is 1.27. The highest BCUT2D eigenvalue weighted by molar-refractivity contribution is 7.98. The second kappa shape index (κ2) is 8.50. The van der Waals surface area contributed by atoms with Crippen molar-refractivity contribution in [2.75, 3.05) is 6.26 Å². The number of aromatic nitrogens is 3. The van der Waals surface area contributed by atoms with Crippen molar-refractivity contribution >= 4 is 23.5 Å². The van der Waals surface area contributed by atoms with E-state index in [0.29, 0.717) is 6.54 Å². The standard InChI is InChI=1S/C21H19N3OS2/c1-26-18-11-9-17(10-12-18)15-27-21-23-22-20(19-8-5-13-25-19)24(21)14-16-6-3-2-4-7-16/h2-13H,14-15H2,1H3. The third kappa shape index (κ3) is 4.28. The first-order valence-corrected chi connectivity index (χ1v) is 10.8. The van der Waals surface area contributed by atoms with Crippen LogP contribution in [0.3, 0.4) is 0 Å². The average molecular weight is 394 g/mol. The fourth-order valence-corrected chi connectivity index (χ4v) is 4.06. The minimum atomic E-state index is 0.706. The van der Waals surface area contributed by atoms with Gasteiger partial charge in [0.2, 0.25) is 5.82 Å². The molecule has 0 bridgehead atoms. The number of hydrogen-bond acceptors (Lipinski definition) is 5. The highest BCUT2D eigenvalue weighted by Gasteiger charge is 2.16. The topological polar surface area (TPSA) is 43.9 Å². The van der Waals surface area contributed by atoms with Gasteiger partial charge in [0.1, 0.15) is 0 Å². The monoisotopic (exact) mass is 393 g/mol. The Morgan fingerprint density at radius 1 is 0.889 bits per heavy atom. The third-order valence-corrected chi connectivity index (χ3v) is 5.95. The Bertz CT molecular complexity index is 980. The Labute approximate surface area is 167 Å². The molecule has 2 aromatic carbocycles. The number of hydrogen-bond donors (Lipinski definition) is 0. The van der Waals surface area contributed by atoms with Gasteiger partial charge >= 0.3 is 0 Å². The lowest BCUT2D eigenvalue weighted by Crippen LogP contribution is -2.03. The molecule has 4 nitrogen and oxygen atoms in total. The van der Waals surface area contributed by atoms with Gasteiger partial charge in [-0.3, -0.25) is 4.57 Å². The third-order valence-electron chi connectivity index (χ3n) is 4.17. The maximum Gasteiger partial charge on any atom is 0.200 e. The van der Waals surface area contributed by atoms with E-state index in [1.165, 1.54) is 16.0 Å². The van der Waals surface area contributed by atoms with E-state index in [0.717, 1.165) is 22.5 Å². The molecule has 0 saturated carbocycles. The summed E-state index contributed by atoms with van der Waals surface area (Å²) in [5.41, 5.74) is 2.47. The van der Waals surface area contributed by atoms with Crippen LogP contribution < -0.4 is 0 Å².